The molecule has 0 aromatic carbocycles. The van der Waals surface area contributed by atoms with Crippen LogP contribution in [0.3, 0.4) is 0 Å². The van der Waals surface area contributed by atoms with Crippen molar-refractivity contribution in [2.24, 2.45) is 13.0 Å². The fraction of sp³-hybridized carbons (Fsp3) is 0.533. The molecular weight excluding hydrogens is 272 g/mol. The Hall–Kier alpha value is -2.11. The van der Waals surface area contributed by atoms with Crippen molar-refractivity contribution in [2.75, 3.05) is 7.11 Å². The topological polar surface area (TPSA) is 77.4 Å². The summed E-state index contributed by atoms with van der Waals surface area (Å²) in [7, 11) is 2.97. The lowest BCUT2D eigenvalue weighted by Gasteiger charge is -2.18. The minimum Gasteiger partial charge on any atom is -0.467 e. The van der Waals surface area contributed by atoms with Crippen LogP contribution in [-0.4, -0.2) is 35.4 Å². The highest BCUT2D eigenvalue weighted by Gasteiger charge is 2.24. The van der Waals surface area contributed by atoms with Crippen molar-refractivity contribution < 1.29 is 19.1 Å². The predicted molar refractivity (Wildman–Crippen MR) is 78.1 cm³/mol. The first kappa shape index (κ1) is 16.9. The molecule has 0 aliphatic carbocycles. The second kappa shape index (κ2) is 7.06. The van der Waals surface area contributed by atoms with Gasteiger partial charge in [-0.1, -0.05) is 13.8 Å². The Balaban J connectivity index is 2.91. The van der Waals surface area contributed by atoms with Crippen molar-refractivity contribution >= 4 is 17.7 Å². The van der Waals surface area contributed by atoms with Gasteiger partial charge in [-0.3, -0.25) is 9.59 Å². The van der Waals surface area contributed by atoms with E-state index >= 15 is 0 Å². The standard InChI is InChI=1S/C15H22N2O4/c1-9(2)6-12(15(20)21-5)16-14(19)13-7-11(10(3)18)8-17(13)4/h7-9,12H,6H2,1-5H3,(H,16,19). The molecule has 0 spiro atoms. The molecule has 6 heteroatoms. The van der Waals surface area contributed by atoms with Crippen LogP contribution < -0.4 is 5.32 Å². The molecule has 1 atom stereocenters. The number of aryl methyl sites for hydroxylation is 1. The highest BCUT2D eigenvalue weighted by Crippen LogP contribution is 2.11. The fourth-order valence-corrected chi connectivity index (χ4v) is 2.04. The third-order valence-electron chi connectivity index (χ3n) is 3.14. The molecule has 0 bridgehead atoms. The first-order valence-electron chi connectivity index (χ1n) is 6.82. The number of Topliss-reactive ketones (excluding diaryl/α,β-unsaturated/α-hetero) is 1. The Labute approximate surface area is 124 Å². The Morgan fingerprint density at radius 2 is 1.95 bits per heavy atom. The zero-order valence-electron chi connectivity index (χ0n) is 13.1. The van der Waals surface area contributed by atoms with Crippen molar-refractivity contribution in [2.45, 2.75) is 33.2 Å². The Kier molecular flexibility index (Phi) is 5.69. The van der Waals surface area contributed by atoms with Gasteiger partial charge in [0.05, 0.1) is 7.11 Å². The number of esters is 1. The van der Waals surface area contributed by atoms with Gasteiger partial charge in [-0.15, -0.1) is 0 Å². The molecule has 1 aromatic heterocycles. The number of ether oxygens (including phenoxy) is 1. The van der Waals surface area contributed by atoms with E-state index in [-0.39, 0.29) is 11.7 Å². The molecule has 1 aromatic rings. The number of hydrogen-bond acceptors (Lipinski definition) is 4. The fourth-order valence-electron chi connectivity index (χ4n) is 2.04. The van der Waals surface area contributed by atoms with E-state index in [1.165, 1.54) is 20.1 Å². The minimum atomic E-state index is -0.696. The zero-order chi connectivity index (χ0) is 16.2. The molecule has 6 nitrogen and oxygen atoms in total. The van der Waals surface area contributed by atoms with Gasteiger partial charge in [0.1, 0.15) is 11.7 Å². The molecular formula is C15H22N2O4. The van der Waals surface area contributed by atoms with E-state index in [1.807, 2.05) is 13.8 Å². The van der Waals surface area contributed by atoms with Crippen LogP contribution in [0, 0.1) is 5.92 Å². The van der Waals surface area contributed by atoms with Gasteiger partial charge in [-0.2, -0.15) is 0 Å². The third kappa shape index (κ3) is 4.44. The van der Waals surface area contributed by atoms with Gasteiger partial charge in [-0.05, 0) is 25.3 Å². The number of methoxy groups -OCH3 is 1. The summed E-state index contributed by atoms with van der Waals surface area (Å²) in [5.41, 5.74) is 0.791. The van der Waals surface area contributed by atoms with Gasteiger partial charge in [0.15, 0.2) is 5.78 Å². The average molecular weight is 294 g/mol. The summed E-state index contributed by atoms with van der Waals surface area (Å²) in [5.74, 6) is -0.758. The number of ketones is 1. The maximum absolute atomic E-state index is 12.3. The molecule has 116 valence electrons. The molecule has 0 saturated heterocycles. The molecule has 0 aliphatic heterocycles. The Morgan fingerprint density at radius 1 is 1.33 bits per heavy atom. The molecule has 0 saturated carbocycles. The predicted octanol–water partition coefficient (Wildman–Crippen LogP) is 1.55. The van der Waals surface area contributed by atoms with Gasteiger partial charge in [0.25, 0.3) is 5.91 Å². The molecule has 21 heavy (non-hydrogen) atoms. The number of nitrogens with zero attached hydrogens (tertiary/aromatic N) is 1. The molecule has 0 fully saturated rings. The molecule has 1 N–H and O–H groups in total. The largest absolute Gasteiger partial charge is 0.467 e. The maximum atomic E-state index is 12.3. The number of carbonyl (C=O) groups excluding carboxylic acids is 3. The van der Waals surface area contributed by atoms with Crippen LogP contribution >= 0.6 is 0 Å². The van der Waals surface area contributed by atoms with Crippen LogP contribution in [0.15, 0.2) is 12.3 Å². The number of rotatable bonds is 6. The van der Waals surface area contributed by atoms with Gasteiger partial charge >= 0.3 is 5.97 Å². The first-order valence-corrected chi connectivity index (χ1v) is 6.82. The molecule has 1 rings (SSSR count). The van der Waals surface area contributed by atoms with Crippen molar-refractivity contribution in [1.82, 2.24) is 9.88 Å². The van der Waals surface area contributed by atoms with Crippen molar-refractivity contribution in [3.8, 4) is 0 Å². The summed E-state index contributed by atoms with van der Waals surface area (Å²) in [6, 6.07) is 0.819. The van der Waals surface area contributed by atoms with Crippen molar-refractivity contribution in [3.05, 3.63) is 23.5 Å². The normalized spacial score (nSPS) is 12.1. The second-order valence-corrected chi connectivity index (χ2v) is 5.46. The summed E-state index contributed by atoms with van der Waals surface area (Å²) < 4.78 is 6.27. The SMILES string of the molecule is COC(=O)C(CC(C)C)NC(=O)c1cc(C(C)=O)cn1C. The van der Waals surface area contributed by atoms with Crippen LogP contribution in [0.25, 0.3) is 0 Å². The van der Waals surface area contributed by atoms with E-state index < -0.39 is 17.9 Å². The van der Waals surface area contributed by atoms with Crippen LogP contribution in [0.2, 0.25) is 0 Å². The van der Waals surface area contributed by atoms with Crippen molar-refractivity contribution in [1.29, 1.82) is 0 Å². The van der Waals surface area contributed by atoms with E-state index in [2.05, 4.69) is 5.32 Å². The maximum Gasteiger partial charge on any atom is 0.328 e. The highest BCUT2D eigenvalue weighted by atomic mass is 16.5. The smallest absolute Gasteiger partial charge is 0.328 e. The van der Waals surface area contributed by atoms with E-state index in [0.29, 0.717) is 17.7 Å². The van der Waals surface area contributed by atoms with Crippen LogP contribution in [0.4, 0.5) is 0 Å². The van der Waals surface area contributed by atoms with Crippen LogP contribution in [-0.2, 0) is 16.6 Å². The minimum absolute atomic E-state index is 0.114. The summed E-state index contributed by atoms with van der Waals surface area (Å²) >= 11 is 0. The summed E-state index contributed by atoms with van der Waals surface area (Å²) in [5, 5.41) is 2.66. The highest BCUT2D eigenvalue weighted by molar-refractivity contribution is 6.00. The summed E-state index contributed by atoms with van der Waals surface area (Å²) in [6.07, 6.45) is 2.08. The average Bonchev–Trinajstić information content (AvgIpc) is 2.78. The number of aromatic nitrogens is 1. The Morgan fingerprint density at radius 3 is 2.38 bits per heavy atom. The lowest BCUT2D eigenvalue weighted by molar-refractivity contribution is -0.143. The van der Waals surface area contributed by atoms with E-state index in [0.717, 1.165) is 0 Å². The van der Waals surface area contributed by atoms with Crippen LogP contribution in [0.5, 0.6) is 0 Å². The first-order chi connectivity index (χ1) is 9.76. The molecule has 1 unspecified atom stereocenters. The Bertz CT molecular complexity index is 546. The van der Waals surface area contributed by atoms with Gasteiger partial charge in [-0.25, -0.2) is 4.79 Å². The second-order valence-electron chi connectivity index (χ2n) is 5.46. The lowest BCUT2D eigenvalue weighted by atomic mass is 10.0. The van der Waals surface area contributed by atoms with Gasteiger partial charge in [0.2, 0.25) is 0 Å². The van der Waals surface area contributed by atoms with Crippen LogP contribution in [0.1, 0.15) is 48.0 Å². The lowest BCUT2D eigenvalue weighted by Crippen LogP contribution is -2.42. The quantitative estimate of drug-likeness (QED) is 0.638. The zero-order valence-corrected chi connectivity index (χ0v) is 13.1. The van der Waals surface area contributed by atoms with Gasteiger partial charge < -0.3 is 14.6 Å². The monoisotopic (exact) mass is 294 g/mol. The van der Waals surface area contributed by atoms with E-state index in [4.69, 9.17) is 4.74 Å². The number of amides is 1. The number of carbonyl (C=O) groups is 3. The third-order valence-corrected chi connectivity index (χ3v) is 3.14. The molecule has 1 amide bonds. The molecule has 1 heterocycles. The molecule has 0 aliphatic rings. The molecule has 0 radical (unpaired) electrons. The number of nitrogens with one attached hydrogen (secondary N) is 1. The van der Waals surface area contributed by atoms with Crippen molar-refractivity contribution in [3.63, 3.8) is 0 Å². The van der Waals surface area contributed by atoms with E-state index in [9.17, 15) is 14.4 Å². The summed E-state index contributed by atoms with van der Waals surface area (Å²) in [4.78, 5) is 35.3. The van der Waals surface area contributed by atoms with Gasteiger partial charge in [0, 0.05) is 18.8 Å². The summed E-state index contributed by atoms with van der Waals surface area (Å²) in [6.45, 7) is 5.35. The van der Waals surface area contributed by atoms with E-state index in [1.54, 1.807) is 17.8 Å². The number of hydrogen-bond donors (Lipinski definition) is 1.